The molecule has 1 aromatic carbocycles. The molecule has 0 radical (unpaired) electrons. The van der Waals surface area contributed by atoms with E-state index in [2.05, 4.69) is 4.98 Å². The number of methoxy groups -OCH3 is 1. The van der Waals surface area contributed by atoms with Crippen molar-refractivity contribution in [2.75, 3.05) is 40.0 Å². The Bertz CT molecular complexity index is 924. The first-order valence-electron chi connectivity index (χ1n) is 9.06. The monoisotopic (exact) mass is 406 g/mol. The van der Waals surface area contributed by atoms with E-state index in [0.717, 1.165) is 0 Å². The third-order valence-corrected chi connectivity index (χ3v) is 6.80. The molecular formula is C18H22N4O5S. The van der Waals surface area contributed by atoms with Crippen molar-refractivity contribution in [1.82, 2.24) is 18.8 Å². The molecule has 1 aromatic heterocycles. The fourth-order valence-corrected chi connectivity index (χ4v) is 4.80. The van der Waals surface area contributed by atoms with E-state index in [1.165, 1.54) is 17.5 Å². The Hall–Kier alpha value is -2.27. The fraction of sp³-hybridized carbons (Fsp3) is 0.444. The summed E-state index contributed by atoms with van der Waals surface area (Å²) >= 11 is 0. The molecule has 2 aliphatic heterocycles. The summed E-state index contributed by atoms with van der Waals surface area (Å²) in [5.74, 6) is 0.903. The molecule has 0 spiro atoms. The quantitative estimate of drug-likeness (QED) is 0.696. The Balaban J connectivity index is 1.53. The summed E-state index contributed by atoms with van der Waals surface area (Å²) < 4.78 is 39.6. The Morgan fingerprint density at radius 2 is 2.04 bits per heavy atom. The highest BCUT2D eigenvalue weighted by Gasteiger charge is 2.35. The first kappa shape index (κ1) is 19.1. The number of aromatic nitrogens is 2. The van der Waals surface area contributed by atoms with Gasteiger partial charge in [-0.2, -0.15) is 0 Å². The van der Waals surface area contributed by atoms with E-state index in [1.54, 1.807) is 29.3 Å². The number of carbonyl (C=O) groups is 1. The van der Waals surface area contributed by atoms with Crippen molar-refractivity contribution in [2.24, 2.45) is 0 Å². The van der Waals surface area contributed by atoms with Crippen LogP contribution in [0.5, 0.6) is 5.75 Å². The lowest BCUT2D eigenvalue weighted by molar-refractivity contribution is 0.0299. The number of hydrogen-bond donors (Lipinski definition) is 0. The molecule has 0 N–H and O–H groups in total. The van der Waals surface area contributed by atoms with Gasteiger partial charge in [0.2, 0.25) is 0 Å². The Kier molecular flexibility index (Phi) is 5.19. The van der Waals surface area contributed by atoms with Gasteiger partial charge in [0.15, 0.2) is 15.3 Å². The number of rotatable bonds is 4. The van der Waals surface area contributed by atoms with Crippen LogP contribution in [0.15, 0.2) is 35.4 Å². The normalized spacial score (nSPS) is 19.7. The van der Waals surface area contributed by atoms with Crippen LogP contribution in [-0.4, -0.2) is 69.2 Å². The summed E-state index contributed by atoms with van der Waals surface area (Å²) in [6, 6.07) is 6.40. The smallest absolute Gasteiger partial charge is 0.274 e. The average Bonchev–Trinajstić information content (AvgIpc) is 3.17. The highest BCUT2D eigenvalue weighted by Crippen LogP contribution is 2.28. The number of benzene rings is 1. The molecule has 4 rings (SSSR count). The van der Waals surface area contributed by atoms with Gasteiger partial charge in [0.1, 0.15) is 23.8 Å². The maximum absolute atomic E-state index is 13.0. The fourth-order valence-electron chi connectivity index (χ4n) is 3.38. The van der Waals surface area contributed by atoms with Crippen molar-refractivity contribution in [3.8, 4) is 5.75 Å². The third kappa shape index (κ3) is 3.55. The molecule has 0 aliphatic carbocycles. The van der Waals surface area contributed by atoms with Crippen LogP contribution < -0.4 is 4.74 Å². The molecule has 1 unspecified atom stereocenters. The van der Waals surface area contributed by atoms with E-state index in [1.807, 2.05) is 4.57 Å². The van der Waals surface area contributed by atoms with Gasteiger partial charge < -0.3 is 23.5 Å². The summed E-state index contributed by atoms with van der Waals surface area (Å²) in [6.45, 7) is 3.00. The van der Waals surface area contributed by atoms with E-state index in [0.29, 0.717) is 56.7 Å². The number of ether oxygens (including phenoxy) is 2. The van der Waals surface area contributed by atoms with Gasteiger partial charge >= 0.3 is 0 Å². The zero-order valence-electron chi connectivity index (χ0n) is 15.6. The van der Waals surface area contributed by atoms with E-state index in [-0.39, 0.29) is 17.3 Å². The van der Waals surface area contributed by atoms with Crippen LogP contribution in [0.1, 0.15) is 16.3 Å². The molecule has 3 heterocycles. The molecule has 10 heteroatoms. The SMILES string of the molecule is COc1cccc([S+](=O)([O-])N2CCn3cc(C(=O)N4CCOCC4)nc3C2)c1. The number of morpholine rings is 1. The van der Waals surface area contributed by atoms with E-state index in [9.17, 15) is 13.6 Å². The van der Waals surface area contributed by atoms with Crippen molar-refractivity contribution in [1.29, 1.82) is 0 Å². The molecule has 1 atom stereocenters. The Labute approximate surface area is 164 Å². The summed E-state index contributed by atoms with van der Waals surface area (Å²) in [6.07, 6.45) is 1.71. The van der Waals surface area contributed by atoms with Crippen molar-refractivity contribution >= 4 is 16.3 Å². The summed E-state index contributed by atoms with van der Waals surface area (Å²) in [7, 11) is -2.18. The zero-order chi connectivity index (χ0) is 19.7. The molecule has 1 fully saturated rings. The lowest BCUT2D eigenvalue weighted by Gasteiger charge is -2.30. The number of imidazole rings is 1. The maximum atomic E-state index is 13.0. The van der Waals surface area contributed by atoms with Crippen LogP contribution in [0.4, 0.5) is 0 Å². The Morgan fingerprint density at radius 1 is 1.25 bits per heavy atom. The minimum Gasteiger partial charge on any atom is -0.593 e. The standard InChI is InChI=1S/C18H22N4O5S/c1-26-14-3-2-4-15(11-14)28(24,25)22-6-5-21-12-16(19-17(21)13-22)18(23)20-7-9-27-10-8-20/h2-4,11-12H,5-10,13H2,1H3. The topological polar surface area (TPSA) is 100.0 Å². The first-order chi connectivity index (χ1) is 13.5. The molecule has 2 aromatic rings. The molecule has 1 saturated heterocycles. The number of carbonyl (C=O) groups excluding carboxylic acids is 1. The van der Waals surface area contributed by atoms with E-state index < -0.39 is 10.4 Å². The lowest BCUT2D eigenvalue weighted by Crippen LogP contribution is -2.41. The molecule has 1 amide bonds. The maximum Gasteiger partial charge on any atom is 0.274 e. The van der Waals surface area contributed by atoms with Crippen LogP contribution in [0.3, 0.4) is 0 Å². The second-order valence-electron chi connectivity index (χ2n) is 6.66. The molecule has 0 saturated carbocycles. The Morgan fingerprint density at radius 3 is 2.79 bits per heavy atom. The van der Waals surface area contributed by atoms with Crippen molar-refractivity contribution < 1.29 is 23.0 Å². The molecular weight excluding hydrogens is 384 g/mol. The highest BCUT2D eigenvalue weighted by molar-refractivity contribution is 7.95. The molecule has 150 valence electrons. The summed E-state index contributed by atoms with van der Waals surface area (Å²) in [5, 5.41) is 0. The van der Waals surface area contributed by atoms with Crippen LogP contribution in [0.2, 0.25) is 0 Å². The second kappa shape index (κ2) is 7.63. The van der Waals surface area contributed by atoms with Crippen molar-refractivity contribution in [2.45, 2.75) is 18.0 Å². The minimum atomic E-state index is -3.68. The van der Waals surface area contributed by atoms with Gasteiger partial charge in [-0.3, -0.25) is 4.79 Å². The number of sulfonamides is 1. The third-order valence-electron chi connectivity index (χ3n) is 4.96. The predicted octanol–water partition coefficient (Wildman–Crippen LogP) is 0.784. The predicted molar refractivity (Wildman–Crippen MR) is 99.4 cm³/mol. The van der Waals surface area contributed by atoms with Gasteiger partial charge in [0.25, 0.3) is 5.91 Å². The van der Waals surface area contributed by atoms with Crippen LogP contribution in [0, 0.1) is 0 Å². The number of hydrogen-bond acceptors (Lipinski definition) is 6. The van der Waals surface area contributed by atoms with Gasteiger partial charge in [0, 0.05) is 31.9 Å². The van der Waals surface area contributed by atoms with Gasteiger partial charge in [-0.15, -0.1) is 4.31 Å². The van der Waals surface area contributed by atoms with Crippen molar-refractivity contribution in [3.63, 3.8) is 0 Å². The largest absolute Gasteiger partial charge is 0.593 e. The van der Waals surface area contributed by atoms with Gasteiger partial charge in [-0.05, 0) is 12.1 Å². The van der Waals surface area contributed by atoms with Crippen LogP contribution >= 0.6 is 0 Å². The number of fused-ring (bicyclic) bond motifs is 1. The average molecular weight is 406 g/mol. The summed E-state index contributed by atoms with van der Waals surface area (Å²) in [5.41, 5.74) is 0.345. The van der Waals surface area contributed by atoms with Gasteiger partial charge in [-0.25, -0.2) is 4.98 Å². The molecule has 2 aliphatic rings. The van der Waals surface area contributed by atoms with E-state index >= 15 is 0 Å². The van der Waals surface area contributed by atoms with Crippen LogP contribution in [0.25, 0.3) is 0 Å². The second-order valence-corrected chi connectivity index (χ2v) is 8.60. The summed E-state index contributed by atoms with van der Waals surface area (Å²) in [4.78, 5) is 18.9. The van der Waals surface area contributed by atoms with Gasteiger partial charge in [-0.1, -0.05) is 10.3 Å². The number of nitrogens with zero attached hydrogens (tertiary/aromatic N) is 4. The molecule has 9 nitrogen and oxygen atoms in total. The van der Waals surface area contributed by atoms with Crippen LogP contribution in [-0.2, 0) is 32.4 Å². The van der Waals surface area contributed by atoms with E-state index in [4.69, 9.17) is 9.47 Å². The van der Waals surface area contributed by atoms with Gasteiger partial charge in [0.05, 0.1) is 26.9 Å². The van der Waals surface area contributed by atoms with Crippen molar-refractivity contribution in [3.05, 3.63) is 42.0 Å². The molecule has 28 heavy (non-hydrogen) atoms. The zero-order valence-corrected chi connectivity index (χ0v) is 16.4. The highest BCUT2D eigenvalue weighted by atomic mass is 32.3. The first-order valence-corrected chi connectivity index (χ1v) is 10.5. The minimum absolute atomic E-state index is 0.121. The lowest BCUT2D eigenvalue weighted by atomic mass is 10.3. The molecule has 0 bridgehead atoms. The number of amides is 1.